The van der Waals surface area contributed by atoms with E-state index in [4.69, 9.17) is 10.5 Å². The second-order valence-corrected chi connectivity index (χ2v) is 5.33. The van der Waals surface area contributed by atoms with E-state index in [-0.39, 0.29) is 0 Å². The average Bonchev–Trinajstić information content (AvgIpc) is 2.86. The Bertz CT molecular complexity index is 605. The van der Waals surface area contributed by atoms with Crippen molar-refractivity contribution in [2.45, 2.75) is 32.2 Å². The van der Waals surface area contributed by atoms with Gasteiger partial charge in [0.25, 0.3) is 0 Å². The molecule has 0 amide bonds. The first-order valence-electron chi connectivity index (χ1n) is 6.92. The first-order valence-corrected chi connectivity index (χ1v) is 6.92. The number of tetrazole rings is 1. The van der Waals surface area contributed by atoms with Gasteiger partial charge in [0.15, 0.2) is 5.82 Å². The first-order chi connectivity index (χ1) is 9.70. The zero-order chi connectivity index (χ0) is 14.1. The summed E-state index contributed by atoms with van der Waals surface area (Å²) in [6.45, 7) is 2.17. The highest BCUT2D eigenvalue weighted by atomic mass is 16.5. The minimum Gasteiger partial charge on any atom is -0.497 e. The molecule has 106 valence electrons. The number of methoxy groups -OCH3 is 1. The van der Waals surface area contributed by atoms with E-state index in [1.807, 2.05) is 22.9 Å². The van der Waals surface area contributed by atoms with Gasteiger partial charge < -0.3 is 10.5 Å². The van der Waals surface area contributed by atoms with Crippen molar-refractivity contribution in [3.05, 3.63) is 18.2 Å². The van der Waals surface area contributed by atoms with E-state index >= 15 is 0 Å². The molecule has 1 aliphatic carbocycles. The van der Waals surface area contributed by atoms with Gasteiger partial charge in [-0.2, -0.15) is 0 Å². The van der Waals surface area contributed by atoms with Gasteiger partial charge in [-0.25, -0.2) is 4.68 Å². The molecule has 1 atom stereocenters. The minimum atomic E-state index is 0.291. The third kappa shape index (κ3) is 2.11. The molecule has 1 aromatic heterocycles. The predicted molar refractivity (Wildman–Crippen MR) is 76.3 cm³/mol. The molecule has 6 nitrogen and oxygen atoms in total. The van der Waals surface area contributed by atoms with Crippen LogP contribution >= 0.6 is 0 Å². The predicted octanol–water partition coefficient (Wildman–Crippen LogP) is 2.29. The molecule has 0 bridgehead atoms. The Balaban J connectivity index is 2.00. The summed E-state index contributed by atoms with van der Waals surface area (Å²) in [6, 6.07) is 5.83. The molecule has 0 saturated heterocycles. The Labute approximate surface area is 117 Å². The van der Waals surface area contributed by atoms with Crippen LogP contribution in [0.3, 0.4) is 0 Å². The average molecular weight is 273 g/mol. The molecule has 1 fully saturated rings. The summed E-state index contributed by atoms with van der Waals surface area (Å²) in [7, 11) is 1.63. The van der Waals surface area contributed by atoms with Crippen LogP contribution in [0.25, 0.3) is 11.4 Å². The molecule has 3 rings (SSSR count). The van der Waals surface area contributed by atoms with Crippen LogP contribution in [0.1, 0.15) is 32.2 Å². The van der Waals surface area contributed by atoms with Gasteiger partial charge in [-0.1, -0.05) is 6.42 Å². The van der Waals surface area contributed by atoms with Crippen LogP contribution in [0.2, 0.25) is 0 Å². The molecule has 6 heteroatoms. The molecular formula is C14H19N5O. The minimum absolute atomic E-state index is 0.291. The van der Waals surface area contributed by atoms with Crippen molar-refractivity contribution in [3.63, 3.8) is 0 Å². The van der Waals surface area contributed by atoms with E-state index in [1.165, 1.54) is 19.3 Å². The molecule has 0 aliphatic heterocycles. The molecule has 0 radical (unpaired) electrons. The van der Waals surface area contributed by atoms with Crippen molar-refractivity contribution in [1.82, 2.24) is 20.2 Å². The molecule has 1 saturated carbocycles. The number of benzene rings is 1. The number of nitrogens with two attached hydrogens (primary N) is 1. The van der Waals surface area contributed by atoms with Crippen LogP contribution in [-0.4, -0.2) is 27.3 Å². The zero-order valence-corrected chi connectivity index (χ0v) is 11.8. The Kier molecular flexibility index (Phi) is 3.30. The summed E-state index contributed by atoms with van der Waals surface area (Å²) >= 11 is 0. The Morgan fingerprint density at radius 1 is 1.40 bits per heavy atom. The number of aromatic nitrogens is 4. The molecule has 1 aliphatic rings. The summed E-state index contributed by atoms with van der Waals surface area (Å²) in [5.74, 6) is 2.12. The van der Waals surface area contributed by atoms with Crippen molar-refractivity contribution in [3.8, 4) is 17.1 Å². The SMILES string of the molecule is COc1ccc(N)c(-c2nnnn2C(C)C2CCC2)c1. The standard InChI is InChI=1S/C14H19N5O/c1-9(10-4-3-5-10)19-14(16-17-18-19)12-8-11(20-2)6-7-13(12)15/h6-10H,3-5,15H2,1-2H3. The Morgan fingerprint density at radius 2 is 2.20 bits per heavy atom. The smallest absolute Gasteiger partial charge is 0.184 e. The maximum absolute atomic E-state index is 6.06. The van der Waals surface area contributed by atoms with E-state index in [0.717, 1.165) is 11.3 Å². The highest BCUT2D eigenvalue weighted by Gasteiger charge is 2.28. The number of anilines is 1. The highest BCUT2D eigenvalue weighted by molar-refractivity contribution is 5.73. The van der Waals surface area contributed by atoms with Gasteiger partial charge in [0.1, 0.15) is 5.75 Å². The van der Waals surface area contributed by atoms with E-state index < -0.39 is 0 Å². The van der Waals surface area contributed by atoms with Crippen molar-refractivity contribution in [2.24, 2.45) is 5.92 Å². The van der Waals surface area contributed by atoms with Crippen molar-refractivity contribution < 1.29 is 4.74 Å². The number of ether oxygens (including phenoxy) is 1. The maximum atomic E-state index is 6.06. The number of nitrogens with zero attached hydrogens (tertiary/aromatic N) is 4. The monoisotopic (exact) mass is 273 g/mol. The van der Waals surface area contributed by atoms with Crippen LogP contribution in [0, 0.1) is 5.92 Å². The normalized spacial score (nSPS) is 16.7. The number of hydrogen-bond acceptors (Lipinski definition) is 5. The molecule has 1 unspecified atom stereocenters. The zero-order valence-electron chi connectivity index (χ0n) is 11.8. The quantitative estimate of drug-likeness (QED) is 0.865. The fourth-order valence-electron chi connectivity index (χ4n) is 2.62. The molecule has 0 spiro atoms. The maximum Gasteiger partial charge on any atom is 0.184 e. The van der Waals surface area contributed by atoms with Crippen LogP contribution in [0.5, 0.6) is 5.75 Å². The van der Waals surface area contributed by atoms with Gasteiger partial charge in [-0.05, 0) is 54.3 Å². The molecule has 20 heavy (non-hydrogen) atoms. The summed E-state index contributed by atoms with van der Waals surface area (Å²) < 4.78 is 7.14. The largest absolute Gasteiger partial charge is 0.497 e. The number of rotatable bonds is 4. The third-order valence-corrected chi connectivity index (χ3v) is 4.21. The molecule has 1 heterocycles. The second-order valence-electron chi connectivity index (χ2n) is 5.33. The Morgan fingerprint density at radius 3 is 2.85 bits per heavy atom. The summed E-state index contributed by atoms with van der Waals surface area (Å²) in [4.78, 5) is 0. The number of nitrogen functional groups attached to an aromatic ring is 1. The lowest BCUT2D eigenvalue weighted by atomic mass is 9.80. The van der Waals surface area contributed by atoms with Crippen molar-refractivity contribution >= 4 is 5.69 Å². The lowest BCUT2D eigenvalue weighted by Gasteiger charge is -2.31. The van der Waals surface area contributed by atoms with Crippen molar-refractivity contribution in [1.29, 1.82) is 0 Å². The van der Waals surface area contributed by atoms with Gasteiger partial charge in [0.05, 0.1) is 13.2 Å². The van der Waals surface area contributed by atoms with Crippen LogP contribution in [-0.2, 0) is 0 Å². The van der Waals surface area contributed by atoms with Crippen LogP contribution in [0.15, 0.2) is 18.2 Å². The van der Waals surface area contributed by atoms with E-state index in [2.05, 4.69) is 22.4 Å². The summed E-state index contributed by atoms with van der Waals surface area (Å²) in [5.41, 5.74) is 7.54. The van der Waals surface area contributed by atoms with Gasteiger partial charge in [-0.15, -0.1) is 5.10 Å². The third-order valence-electron chi connectivity index (χ3n) is 4.21. The fraction of sp³-hybridized carbons (Fsp3) is 0.500. The summed E-state index contributed by atoms with van der Waals surface area (Å²) in [6.07, 6.45) is 3.79. The second kappa shape index (κ2) is 5.11. The van der Waals surface area contributed by atoms with Gasteiger partial charge >= 0.3 is 0 Å². The summed E-state index contributed by atoms with van der Waals surface area (Å²) in [5, 5.41) is 12.1. The van der Waals surface area contributed by atoms with Gasteiger partial charge in [0.2, 0.25) is 0 Å². The topological polar surface area (TPSA) is 78.8 Å². The fourth-order valence-corrected chi connectivity index (χ4v) is 2.62. The lowest BCUT2D eigenvalue weighted by molar-refractivity contribution is 0.210. The van der Waals surface area contributed by atoms with Gasteiger partial charge in [-0.3, -0.25) is 0 Å². The highest BCUT2D eigenvalue weighted by Crippen LogP contribution is 2.38. The van der Waals surface area contributed by atoms with Gasteiger partial charge in [0, 0.05) is 11.3 Å². The lowest BCUT2D eigenvalue weighted by Crippen LogP contribution is -2.24. The van der Waals surface area contributed by atoms with E-state index in [1.54, 1.807) is 7.11 Å². The van der Waals surface area contributed by atoms with Crippen LogP contribution in [0.4, 0.5) is 5.69 Å². The number of hydrogen-bond donors (Lipinski definition) is 1. The van der Waals surface area contributed by atoms with Crippen molar-refractivity contribution in [2.75, 3.05) is 12.8 Å². The first kappa shape index (κ1) is 12.9. The molecule has 1 aromatic carbocycles. The van der Waals surface area contributed by atoms with E-state index in [0.29, 0.717) is 23.5 Å². The molecule has 2 N–H and O–H groups in total. The molecular weight excluding hydrogens is 254 g/mol. The van der Waals surface area contributed by atoms with E-state index in [9.17, 15) is 0 Å². The molecule has 2 aromatic rings. The Hall–Kier alpha value is -2.11. The van der Waals surface area contributed by atoms with Crippen LogP contribution < -0.4 is 10.5 Å².